The number of unbranched alkanes of at least 4 members (excludes halogenated alkanes) is 2. The van der Waals surface area contributed by atoms with Crippen LogP contribution in [0.15, 0.2) is 66.7 Å². The molecule has 0 radical (unpaired) electrons. The van der Waals surface area contributed by atoms with Gasteiger partial charge in [-0.2, -0.15) is 0 Å². The second-order valence-electron chi connectivity index (χ2n) is 8.88. The third-order valence-electron chi connectivity index (χ3n) is 6.33. The predicted octanol–water partition coefficient (Wildman–Crippen LogP) is 6.14. The first kappa shape index (κ1) is 25.3. The van der Waals surface area contributed by atoms with E-state index in [1.807, 2.05) is 71.3 Å². The van der Waals surface area contributed by atoms with Gasteiger partial charge in [-0.1, -0.05) is 44.0 Å². The maximum Gasteiger partial charge on any atom is 0.255 e. The fourth-order valence-electron chi connectivity index (χ4n) is 4.41. The number of carbonyl (C=O) groups is 1. The van der Waals surface area contributed by atoms with Crippen LogP contribution in [0.25, 0.3) is 22.1 Å². The number of halogens is 1. The fourth-order valence-corrected chi connectivity index (χ4v) is 4.41. The highest BCUT2D eigenvalue weighted by Gasteiger charge is 2.12. The lowest BCUT2D eigenvalue weighted by Gasteiger charge is -2.08. The van der Waals surface area contributed by atoms with E-state index in [9.17, 15) is 4.79 Å². The van der Waals surface area contributed by atoms with Gasteiger partial charge < -0.3 is 20.6 Å². The second kappa shape index (κ2) is 11.3. The van der Waals surface area contributed by atoms with Gasteiger partial charge in [0.2, 0.25) is 5.95 Å². The number of aromatic nitrogens is 4. The Labute approximate surface area is 216 Å². The molecule has 2 aromatic heterocycles. The van der Waals surface area contributed by atoms with Crippen molar-refractivity contribution in [3.8, 4) is 0 Å². The average Bonchev–Trinajstić information content (AvgIpc) is 3.42. The fraction of sp³-hybridized carbons (Fsp3) is 0.250. The van der Waals surface area contributed by atoms with Crippen molar-refractivity contribution in [3.63, 3.8) is 0 Å². The number of para-hydroxylation sites is 2. The summed E-state index contributed by atoms with van der Waals surface area (Å²) in [5.74, 6) is 1.22. The van der Waals surface area contributed by atoms with Crippen LogP contribution in [0.3, 0.4) is 0 Å². The van der Waals surface area contributed by atoms with Gasteiger partial charge in [-0.15, -0.1) is 12.4 Å². The summed E-state index contributed by atoms with van der Waals surface area (Å²) >= 11 is 0. The van der Waals surface area contributed by atoms with Crippen molar-refractivity contribution in [2.75, 3.05) is 11.1 Å². The highest BCUT2D eigenvalue weighted by molar-refractivity contribution is 6.05. The Morgan fingerprint density at radius 1 is 0.972 bits per heavy atom. The van der Waals surface area contributed by atoms with Crippen LogP contribution in [0.5, 0.6) is 0 Å². The third-order valence-corrected chi connectivity index (χ3v) is 6.33. The number of benzene rings is 3. The van der Waals surface area contributed by atoms with E-state index in [0.29, 0.717) is 30.2 Å². The van der Waals surface area contributed by atoms with E-state index in [1.165, 1.54) is 24.8 Å². The Balaban J connectivity index is 0.00000304. The summed E-state index contributed by atoms with van der Waals surface area (Å²) in [6.45, 7) is 2.85. The molecule has 7 nitrogen and oxygen atoms in total. The summed E-state index contributed by atoms with van der Waals surface area (Å²) in [7, 11) is 0. The van der Waals surface area contributed by atoms with Crippen LogP contribution < -0.4 is 11.1 Å². The van der Waals surface area contributed by atoms with Gasteiger partial charge in [-0.05, 0) is 60.9 Å². The molecule has 2 heterocycles. The third kappa shape index (κ3) is 5.52. The number of carbonyl (C=O) groups excluding carboxylic acids is 1. The molecule has 0 bridgehead atoms. The highest BCUT2D eigenvalue weighted by Crippen LogP contribution is 2.23. The molecular weight excluding hydrogens is 472 g/mol. The Hall–Kier alpha value is -3.84. The number of hydrogen-bond acceptors (Lipinski definition) is 4. The van der Waals surface area contributed by atoms with Crippen LogP contribution in [0.1, 0.15) is 47.9 Å². The number of hydrogen-bond donors (Lipinski definition) is 3. The number of amides is 1. The van der Waals surface area contributed by atoms with Gasteiger partial charge in [0.05, 0.1) is 22.1 Å². The van der Waals surface area contributed by atoms with Crippen molar-refractivity contribution in [2.45, 2.75) is 45.6 Å². The van der Waals surface area contributed by atoms with Crippen LogP contribution in [-0.4, -0.2) is 25.4 Å². The largest absolute Gasteiger partial charge is 0.369 e. The predicted molar refractivity (Wildman–Crippen MR) is 149 cm³/mol. The lowest BCUT2D eigenvalue weighted by molar-refractivity contribution is 0.102. The molecule has 0 spiro atoms. The number of nitrogens with zero attached hydrogens (tertiary/aromatic N) is 3. The van der Waals surface area contributed by atoms with E-state index >= 15 is 0 Å². The summed E-state index contributed by atoms with van der Waals surface area (Å²) in [4.78, 5) is 25.3. The maximum atomic E-state index is 12.8. The van der Waals surface area contributed by atoms with Crippen LogP contribution >= 0.6 is 12.4 Å². The van der Waals surface area contributed by atoms with Gasteiger partial charge in [-0.25, -0.2) is 9.97 Å². The molecule has 0 unspecified atom stereocenters. The number of H-pyrrole nitrogens is 1. The van der Waals surface area contributed by atoms with Gasteiger partial charge in [0.15, 0.2) is 0 Å². The lowest BCUT2D eigenvalue weighted by atomic mass is 10.1. The molecular formula is C28H31ClN6O. The zero-order valence-electron chi connectivity index (χ0n) is 20.3. The minimum Gasteiger partial charge on any atom is -0.369 e. The van der Waals surface area contributed by atoms with Crippen molar-refractivity contribution in [1.82, 2.24) is 19.5 Å². The number of fused-ring (bicyclic) bond motifs is 2. The van der Waals surface area contributed by atoms with Gasteiger partial charge >= 0.3 is 0 Å². The first-order valence-electron chi connectivity index (χ1n) is 12.2. The topological polar surface area (TPSA) is 102 Å². The number of anilines is 2. The number of aromatic amines is 1. The molecule has 0 fully saturated rings. The van der Waals surface area contributed by atoms with Crippen molar-refractivity contribution >= 4 is 52.0 Å². The molecule has 4 N–H and O–H groups in total. The summed E-state index contributed by atoms with van der Waals surface area (Å²) < 4.78 is 1.98. The number of nitrogens with two attached hydrogens (primary N) is 1. The highest BCUT2D eigenvalue weighted by atomic mass is 35.5. The van der Waals surface area contributed by atoms with Gasteiger partial charge in [0, 0.05) is 24.2 Å². The Morgan fingerprint density at radius 3 is 2.56 bits per heavy atom. The number of imidazole rings is 2. The molecule has 0 saturated carbocycles. The minimum absolute atomic E-state index is 0. The molecule has 1 amide bonds. The number of nitrogens with one attached hydrogen (secondary N) is 2. The quantitative estimate of drug-likeness (QED) is 0.210. The minimum atomic E-state index is -0.137. The van der Waals surface area contributed by atoms with Gasteiger partial charge in [0.1, 0.15) is 5.82 Å². The number of nitrogen functional groups attached to an aromatic ring is 1. The molecule has 3 aromatic carbocycles. The molecule has 0 aliphatic carbocycles. The molecule has 36 heavy (non-hydrogen) atoms. The van der Waals surface area contributed by atoms with Crippen LogP contribution in [0, 0.1) is 0 Å². The first-order valence-corrected chi connectivity index (χ1v) is 12.2. The van der Waals surface area contributed by atoms with E-state index in [-0.39, 0.29) is 18.3 Å². The standard InChI is InChI=1S/C28H30N6O.ClH/c1-2-3-4-7-19-10-12-20(13-11-19)27(35)30-21-14-15-25-24(18-21)33-28(29)34(25)17-16-26-31-22-8-5-6-9-23(22)32-26;/h5-6,8-15,18H,2-4,7,16-17H2,1H3,(H2,29,33)(H,30,35)(H,31,32);1H. The van der Waals surface area contributed by atoms with E-state index in [0.717, 1.165) is 34.3 Å². The molecule has 0 aliphatic heterocycles. The zero-order chi connectivity index (χ0) is 24.2. The van der Waals surface area contributed by atoms with Crippen LogP contribution in [0.2, 0.25) is 0 Å². The lowest BCUT2D eigenvalue weighted by Crippen LogP contribution is -2.11. The first-order chi connectivity index (χ1) is 17.1. The van der Waals surface area contributed by atoms with Gasteiger partial charge in [-0.3, -0.25) is 4.79 Å². The molecule has 0 aliphatic rings. The SMILES string of the molecule is CCCCCc1ccc(C(=O)Nc2ccc3c(c2)nc(N)n3CCc2nc3ccccc3[nH]2)cc1.Cl. The van der Waals surface area contributed by atoms with Gasteiger partial charge in [0.25, 0.3) is 5.91 Å². The average molecular weight is 503 g/mol. The summed E-state index contributed by atoms with van der Waals surface area (Å²) in [5, 5.41) is 2.98. The van der Waals surface area contributed by atoms with Crippen molar-refractivity contribution in [1.29, 1.82) is 0 Å². The van der Waals surface area contributed by atoms with Crippen molar-refractivity contribution in [2.24, 2.45) is 0 Å². The molecule has 8 heteroatoms. The second-order valence-corrected chi connectivity index (χ2v) is 8.88. The zero-order valence-corrected chi connectivity index (χ0v) is 21.1. The molecule has 186 valence electrons. The molecule has 5 rings (SSSR count). The maximum absolute atomic E-state index is 12.8. The molecule has 0 atom stereocenters. The number of rotatable bonds is 9. The van der Waals surface area contributed by atoms with Crippen LogP contribution in [-0.2, 0) is 19.4 Å². The normalized spacial score (nSPS) is 11.0. The molecule has 0 saturated heterocycles. The Kier molecular flexibility index (Phi) is 7.90. The summed E-state index contributed by atoms with van der Waals surface area (Å²) in [6.07, 6.45) is 5.36. The smallest absolute Gasteiger partial charge is 0.255 e. The Morgan fingerprint density at radius 2 is 1.78 bits per heavy atom. The monoisotopic (exact) mass is 502 g/mol. The Bertz CT molecular complexity index is 1440. The van der Waals surface area contributed by atoms with E-state index < -0.39 is 0 Å². The van der Waals surface area contributed by atoms with Crippen molar-refractivity contribution in [3.05, 3.63) is 83.7 Å². The van der Waals surface area contributed by atoms with E-state index in [4.69, 9.17) is 5.73 Å². The number of aryl methyl sites for hydroxylation is 3. The van der Waals surface area contributed by atoms with E-state index in [2.05, 4.69) is 27.2 Å². The summed E-state index contributed by atoms with van der Waals surface area (Å²) in [6, 6.07) is 21.5. The van der Waals surface area contributed by atoms with Crippen LogP contribution in [0.4, 0.5) is 11.6 Å². The molecule has 5 aromatic rings. The summed E-state index contributed by atoms with van der Waals surface area (Å²) in [5.41, 5.74) is 12.5. The van der Waals surface area contributed by atoms with Crippen molar-refractivity contribution < 1.29 is 4.79 Å². The van der Waals surface area contributed by atoms with E-state index in [1.54, 1.807) is 0 Å².